The van der Waals surface area contributed by atoms with Gasteiger partial charge >= 0.3 is 0 Å². The van der Waals surface area contributed by atoms with E-state index in [1.807, 2.05) is 20.8 Å². The molecule has 178 valence electrons. The predicted molar refractivity (Wildman–Crippen MR) is 137 cm³/mol. The van der Waals surface area contributed by atoms with Crippen molar-refractivity contribution in [2.24, 2.45) is 5.41 Å². The number of benzene rings is 3. The number of amides is 1. The molecule has 0 atom stereocenters. The van der Waals surface area contributed by atoms with Crippen LogP contribution in [-0.4, -0.2) is 27.0 Å². The minimum absolute atomic E-state index is 0.00701. The fourth-order valence-corrected chi connectivity index (χ4v) is 4.23. The van der Waals surface area contributed by atoms with E-state index < -0.39 is 16.8 Å². The van der Waals surface area contributed by atoms with Gasteiger partial charge in [0.2, 0.25) is 5.91 Å². The van der Waals surface area contributed by atoms with E-state index in [0.29, 0.717) is 22.2 Å². The summed E-state index contributed by atoms with van der Waals surface area (Å²) in [6.07, 6.45) is 0. The smallest absolute Gasteiger partial charge is 0.266 e. The molecule has 4 rings (SSSR count). The SMILES string of the molecule is CC(C)(C)C(=O)Nc1ccc(C(=O)CSc2nc3ccccc3c(=O)n2-c2ccccc2F)cc1. The lowest BCUT2D eigenvalue weighted by molar-refractivity contribution is -0.123. The molecule has 0 aliphatic carbocycles. The lowest BCUT2D eigenvalue weighted by Crippen LogP contribution is -2.27. The number of nitrogens with zero attached hydrogens (tertiary/aromatic N) is 2. The van der Waals surface area contributed by atoms with E-state index in [1.165, 1.54) is 16.7 Å². The summed E-state index contributed by atoms with van der Waals surface area (Å²) in [4.78, 5) is 42.8. The number of para-hydroxylation sites is 2. The van der Waals surface area contributed by atoms with Crippen LogP contribution in [0.15, 0.2) is 82.7 Å². The minimum atomic E-state index is -0.562. The molecule has 3 aromatic carbocycles. The first kappa shape index (κ1) is 24.3. The van der Waals surface area contributed by atoms with Crippen molar-refractivity contribution in [3.8, 4) is 5.69 Å². The van der Waals surface area contributed by atoms with Crippen LogP contribution >= 0.6 is 11.8 Å². The van der Waals surface area contributed by atoms with Crippen molar-refractivity contribution in [2.45, 2.75) is 25.9 Å². The number of nitrogens with one attached hydrogen (secondary N) is 1. The third-order valence-corrected chi connectivity index (χ3v) is 6.26. The molecule has 0 spiro atoms. The summed E-state index contributed by atoms with van der Waals surface area (Å²) in [6, 6.07) is 19.4. The minimum Gasteiger partial charge on any atom is -0.326 e. The summed E-state index contributed by atoms with van der Waals surface area (Å²) in [6.45, 7) is 5.46. The first-order chi connectivity index (χ1) is 16.6. The van der Waals surface area contributed by atoms with Gasteiger partial charge in [-0.2, -0.15) is 0 Å². The van der Waals surface area contributed by atoms with Crippen LogP contribution in [0.1, 0.15) is 31.1 Å². The monoisotopic (exact) mass is 489 g/mol. The maximum absolute atomic E-state index is 14.6. The third kappa shape index (κ3) is 5.33. The second kappa shape index (κ2) is 9.84. The highest BCUT2D eigenvalue weighted by Gasteiger charge is 2.21. The first-order valence-corrected chi connectivity index (χ1v) is 12.0. The maximum Gasteiger partial charge on any atom is 0.266 e. The second-order valence-electron chi connectivity index (χ2n) is 9.00. The molecule has 8 heteroatoms. The van der Waals surface area contributed by atoms with Crippen LogP contribution in [0.3, 0.4) is 0 Å². The van der Waals surface area contributed by atoms with Crippen molar-refractivity contribution in [1.29, 1.82) is 0 Å². The Balaban J connectivity index is 1.60. The van der Waals surface area contributed by atoms with E-state index in [4.69, 9.17) is 0 Å². The topological polar surface area (TPSA) is 81.1 Å². The van der Waals surface area contributed by atoms with Crippen molar-refractivity contribution in [3.63, 3.8) is 0 Å². The molecule has 0 aliphatic rings. The van der Waals surface area contributed by atoms with Crippen LogP contribution in [0.25, 0.3) is 16.6 Å². The van der Waals surface area contributed by atoms with Gasteiger partial charge in [0, 0.05) is 16.7 Å². The molecule has 0 fully saturated rings. The van der Waals surface area contributed by atoms with E-state index in [-0.39, 0.29) is 28.3 Å². The van der Waals surface area contributed by atoms with Gasteiger partial charge in [0.1, 0.15) is 5.82 Å². The maximum atomic E-state index is 14.6. The number of hydrogen-bond donors (Lipinski definition) is 1. The first-order valence-electron chi connectivity index (χ1n) is 11.0. The van der Waals surface area contributed by atoms with E-state index >= 15 is 0 Å². The highest BCUT2D eigenvalue weighted by Crippen LogP contribution is 2.24. The van der Waals surface area contributed by atoms with Gasteiger partial charge in [0.25, 0.3) is 5.56 Å². The molecular formula is C27H24FN3O3S. The molecule has 0 radical (unpaired) electrons. The summed E-state index contributed by atoms with van der Waals surface area (Å²) >= 11 is 1.07. The predicted octanol–water partition coefficient (Wildman–Crippen LogP) is 5.48. The Kier molecular flexibility index (Phi) is 6.84. The molecule has 1 amide bonds. The molecule has 1 heterocycles. The lowest BCUT2D eigenvalue weighted by atomic mass is 9.95. The molecule has 4 aromatic rings. The molecule has 35 heavy (non-hydrogen) atoms. The Morgan fingerprint density at radius 1 is 0.971 bits per heavy atom. The van der Waals surface area contributed by atoms with E-state index in [2.05, 4.69) is 10.3 Å². The number of ketones is 1. The fraction of sp³-hybridized carbons (Fsp3) is 0.185. The standard InChI is InChI=1S/C27H24FN3O3S/c1-27(2,3)25(34)29-18-14-12-17(13-15-18)23(32)16-35-26-30-21-10-6-4-8-19(21)24(33)31(26)22-11-7-5-9-20(22)28/h4-15H,16H2,1-3H3,(H,29,34). The molecule has 1 N–H and O–H groups in total. The van der Waals surface area contributed by atoms with Gasteiger partial charge in [-0.3, -0.25) is 19.0 Å². The third-order valence-electron chi connectivity index (χ3n) is 5.32. The number of thioether (sulfide) groups is 1. The normalized spacial score (nSPS) is 11.4. The number of carbonyl (C=O) groups is 2. The summed E-state index contributed by atoms with van der Waals surface area (Å²) in [7, 11) is 0. The second-order valence-corrected chi connectivity index (χ2v) is 9.94. The Bertz CT molecular complexity index is 1470. The summed E-state index contributed by atoms with van der Waals surface area (Å²) < 4.78 is 15.8. The molecule has 0 saturated heterocycles. The zero-order valence-corrected chi connectivity index (χ0v) is 20.4. The van der Waals surface area contributed by atoms with Crippen LogP contribution in [0, 0.1) is 11.2 Å². The number of hydrogen-bond acceptors (Lipinski definition) is 5. The van der Waals surface area contributed by atoms with Gasteiger partial charge in [-0.15, -0.1) is 0 Å². The van der Waals surface area contributed by atoms with Crippen LogP contribution < -0.4 is 10.9 Å². The van der Waals surface area contributed by atoms with E-state index in [0.717, 1.165) is 11.8 Å². The Morgan fingerprint density at radius 2 is 1.63 bits per heavy atom. The summed E-state index contributed by atoms with van der Waals surface area (Å²) in [5.74, 6) is -0.882. The number of rotatable bonds is 6. The summed E-state index contributed by atoms with van der Waals surface area (Å²) in [5, 5.41) is 3.40. The number of carbonyl (C=O) groups excluding carboxylic acids is 2. The van der Waals surface area contributed by atoms with E-state index in [9.17, 15) is 18.8 Å². The van der Waals surface area contributed by atoms with Gasteiger partial charge in [-0.1, -0.05) is 56.8 Å². The van der Waals surface area contributed by atoms with Crippen LogP contribution in [0.5, 0.6) is 0 Å². The van der Waals surface area contributed by atoms with Crippen LogP contribution in [0.4, 0.5) is 10.1 Å². The number of aromatic nitrogens is 2. The molecular weight excluding hydrogens is 465 g/mol. The molecule has 6 nitrogen and oxygen atoms in total. The van der Waals surface area contributed by atoms with Gasteiger partial charge < -0.3 is 5.32 Å². The van der Waals surface area contributed by atoms with Gasteiger partial charge in [0.15, 0.2) is 10.9 Å². The summed E-state index contributed by atoms with van der Waals surface area (Å²) in [5.41, 5.74) is 0.648. The zero-order chi connectivity index (χ0) is 25.2. The van der Waals surface area contributed by atoms with Crippen LogP contribution in [0.2, 0.25) is 0 Å². The number of fused-ring (bicyclic) bond motifs is 1. The molecule has 1 aromatic heterocycles. The molecule has 0 bridgehead atoms. The van der Waals surface area contributed by atoms with Crippen LogP contribution in [-0.2, 0) is 4.79 Å². The average molecular weight is 490 g/mol. The highest BCUT2D eigenvalue weighted by atomic mass is 32.2. The van der Waals surface area contributed by atoms with Crippen molar-refractivity contribution < 1.29 is 14.0 Å². The van der Waals surface area contributed by atoms with Crippen molar-refractivity contribution in [2.75, 3.05) is 11.1 Å². The number of halogens is 1. The van der Waals surface area contributed by atoms with Crippen molar-refractivity contribution >= 4 is 40.0 Å². The Morgan fingerprint density at radius 3 is 2.31 bits per heavy atom. The largest absolute Gasteiger partial charge is 0.326 e. The molecule has 0 unspecified atom stereocenters. The number of Topliss-reactive ketones (excluding diaryl/α,β-unsaturated/α-hetero) is 1. The number of anilines is 1. The van der Waals surface area contributed by atoms with Gasteiger partial charge in [-0.05, 0) is 48.5 Å². The fourth-order valence-electron chi connectivity index (χ4n) is 3.33. The Hall–Kier alpha value is -3.78. The van der Waals surface area contributed by atoms with Gasteiger partial charge in [-0.25, -0.2) is 9.37 Å². The quantitative estimate of drug-likeness (QED) is 0.220. The van der Waals surface area contributed by atoms with Gasteiger partial charge in [0.05, 0.1) is 22.3 Å². The highest BCUT2D eigenvalue weighted by molar-refractivity contribution is 7.99. The lowest BCUT2D eigenvalue weighted by Gasteiger charge is -2.17. The Labute approximate surface area is 206 Å². The van der Waals surface area contributed by atoms with Crippen molar-refractivity contribution in [3.05, 3.63) is 94.5 Å². The average Bonchev–Trinajstić information content (AvgIpc) is 2.83. The van der Waals surface area contributed by atoms with Crippen molar-refractivity contribution in [1.82, 2.24) is 9.55 Å². The molecule has 0 saturated carbocycles. The molecule has 0 aliphatic heterocycles. The zero-order valence-electron chi connectivity index (χ0n) is 19.5. The van der Waals surface area contributed by atoms with E-state index in [1.54, 1.807) is 60.7 Å².